The smallest absolute Gasteiger partial charge is 0.0348 e. The lowest BCUT2D eigenvalue weighted by Crippen LogP contribution is -2.35. The molecule has 21 heavy (non-hydrogen) atoms. The largest absolute Gasteiger partial charge is 0.310 e. The Hall–Kier alpha value is -0.860. The lowest BCUT2D eigenvalue weighted by atomic mass is 9.99. The third kappa shape index (κ3) is 4.55. The Labute approximate surface area is 129 Å². The van der Waals surface area contributed by atoms with E-state index in [-0.39, 0.29) is 0 Å². The first-order valence-electron chi connectivity index (χ1n) is 8.83. The number of hydrogen-bond donors (Lipinski definition) is 1. The van der Waals surface area contributed by atoms with Gasteiger partial charge in [-0.05, 0) is 75.7 Å². The lowest BCUT2D eigenvalue weighted by molar-refractivity contribution is 0.189. The van der Waals surface area contributed by atoms with Gasteiger partial charge in [-0.15, -0.1) is 0 Å². The predicted octanol–water partition coefficient (Wildman–Crippen LogP) is 3.85. The molecule has 2 nitrogen and oxygen atoms in total. The second kappa shape index (κ2) is 7.42. The van der Waals surface area contributed by atoms with E-state index in [9.17, 15) is 0 Å². The van der Waals surface area contributed by atoms with E-state index >= 15 is 0 Å². The number of hydrogen-bond acceptors (Lipinski definition) is 2. The van der Waals surface area contributed by atoms with Crippen LogP contribution in [0.5, 0.6) is 0 Å². The zero-order valence-corrected chi connectivity index (χ0v) is 13.4. The maximum absolute atomic E-state index is 3.82. The van der Waals surface area contributed by atoms with Gasteiger partial charge in [0.1, 0.15) is 0 Å². The number of nitrogens with one attached hydrogen (secondary N) is 1. The molecule has 0 aromatic heterocycles. The summed E-state index contributed by atoms with van der Waals surface area (Å²) < 4.78 is 0. The van der Waals surface area contributed by atoms with Gasteiger partial charge in [-0.1, -0.05) is 37.3 Å². The monoisotopic (exact) mass is 286 g/mol. The van der Waals surface area contributed by atoms with Crippen molar-refractivity contribution in [1.29, 1.82) is 0 Å². The molecule has 1 aliphatic carbocycles. The van der Waals surface area contributed by atoms with Gasteiger partial charge in [-0.3, -0.25) is 0 Å². The molecule has 1 saturated carbocycles. The van der Waals surface area contributed by atoms with Crippen LogP contribution in [-0.2, 0) is 0 Å². The van der Waals surface area contributed by atoms with Crippen LogP contribution < -0.4 is 5.32 Å². The second-order valence-corrected chi connectivity index (χ2v) is 7.06. The van der Waals surface area contributed by atoms with Crippen LogP contribution in [0, 0.1) is 11.8 Å². The average Bonchev–Trinajstić information content (AvgIpc) is 3.35. The Bertz CT molecular complexity index is 405. The summed E-state index contributed by atoms with van der Waals surface area (Å²) in [4.78, 5) is 2.65. The van der Waals surface area contributed by atoms with Crippen molar-refractivity contribution in [1.82, 2.24) is 10.2 Å². The van der Waals surface area contributed by atoms with E-state index in [0.717, 1.165) is 18.4 Å². The van der Waals surface area contributed by atoms with E-state index < -0.39 is 0 Å². The van der Waals surface area contributed by atoms with Crippen LogP contribution in [0.4, 0.5) is 0 Å². The molecule has 0 spiro atoms. The Morgan fingerprint density at radius 1 is 1.10 bits per heavy atom. The van der Waals surface area contributed by atoms with E-state index in [2.05, 4.69) is 47.5 Å². The minimum atomic E-state index is 0.590. The number of rotatable bonds is 7. The molecule has 1 saturated heterocycles. The Balaban J connectivity index is 1.39. The summed E-state index contributed by atoms with van der Waals surface area (Å²) in [6.45, 7) is 7.44. The fourth-order valence-electron chi connectivity index (χ4n) is 3.49. The van der Waals surface area contributed by atoms with E-state index in [4.69, 9.17) is 0 Å². The maximum Gasteiger partial charge on any atom is 0.0348 e. The first-order valence-corrected chi connectivity index (χ1v) is 8.83. The van der Waals surface area contributed by atoms with Crippen LogP contribution >= 0.6 is 0 Å². The second-order valence-electron chi connectivity index (χ2n) is 7.06. The van der Waals surface area contributed by atoms with Crippen LogP contribution in [0.2, 0.25) is 0 Å². The molecule has 3 rings (SSSR count). The number of piperidine rings is 1. The highest BCUT2D eigenvalue weighted by Gasteiger charge is 2.31. The van der Waals surface area contributed by atoms with Gasteiger partial charge in [0.25, 0.3) is 0 Å². The normalized spacial score (nSPS) is 22.3. The standard InChI is InChI=1S/C19H30N2/c1-16-10-14-21(15-11-16)13-5-12-20-19(18-8-9-18)17-6-3-2-4-7-17/h2-4,6-7,16,18-20H,5,8-15H2,1H3. The zero-order valence-electron chi connectivity index (χ0n) is 13.4. The maximum atomic E-state index is 3.82. The summed E-state index contributed by atoms with van der Waals surface area (Å²) in [5, 5.41) is 3.82. The SMILES string of the molecule is CC1CCN(CCCNC(c2ccccc2)C2CC2)CC1. The van der Waals surface area contributed by atoms with Gasteiger partial charge < -0.3 is 10.2 Å². The molecule has 1 N–H and O–H groups in total. The summed E-state index contributed by atoms with van der Waals surface area (Å²) in [5.41, 5.74) is 1.48. The number of likely N-dealkylation sites (tertiary alicyclic amines) is 1. The molecule has 1 aromatic carbocycles. The van der Waals surface area contributed by atoms with Crippen molar-refractivity contribution < 1.29 is 0 Å². The molecule has 116 valence electrons. The molecule has 1 atom stereocenters. The summed E-state index contributed by atoms with van der Waals surface area (Å²) in [6, 6.07) is 11.6. The van der Waals surface area contributed by atoms with E-state index in [1.807, 2.05) is 0 Å². The summed E-state index contributed by atoms with van der Waals surface area (Å²) >= 11 is 0. The summed E-state index contributed by atoms with van der Waals surface area (Å²) in [5.74, 6) is 1.82. The van der Waals surface area contributed by atoms with Crippen molar-refractivity contribution in [3.8, 4) is 0 Å². The molecular weight excluding hydrogens is 256 g/mol. The first-order chi connectivity index (χ1) is 10.3. The minimum Gasteiger partial charge on any atom is -0.310 e. The van der Waals surface area contributed by atoms with Crippen molar-refractivity contribution in [3.05, 3.63) is 35.9 Å². The Morgan fingerprint density at radius 3 is 2.48 bits per heavy atom. The van der Waals surface area contributed by atoms with Gasteiger partial charge in [0, 0.05) is 6.04 Å². The van der Waals surface area contributed by atoms with Crippen LogP contribution in [0.3, 0.4) is 0 Å². The zero-order chi connectivity index (χ0) is 14.5. The van der Waals surface area contributed by atoms with Gasteiger partial charge in [0.15, 0.2) is 0 Å². The number of benzene rings is 1. The fourth-order valence-corrected chi connectivity index (χ4v) is 3.49. The summed E-state index contributed by atoms with van der Waals surface area (Å²) in [6.07, 6.45) is 6.86. The van der Waals surface area contributed by atoms with Crippen LogP contribution in [0.1, 0.15) is 50.6 Å². The van der Waals surface area contributed by atoms with Crippen molar-refractivity contribution in [2.45, 2.75) is 45.1 Å². The molecule has 2 aliphatic rings. The molecule has 1 unspecified atom stereocenters. The number of nitrogens with zero attached hydrogens (tertiary/aromatic N) is 1. The van der Waals surface area contributed by atoms with Crippen LogP contribution in [-0.4, -0.2) is 31.1 Å². The van der Waals surface area contributed by atoms with Gasteiger partial charge >= 0.3 is 0 Å². The van der Waals surface area contributed by atoms with Crippen molar-refractivity contribution in [2.75, 3.05) is 26.2 Å². The third-order valence-electron chi connectivity index (χ3n) is 5.14. The summed E-state index contributed by atoms with van der Waals surface area (Å²) in [7, 11) is 0. The van der Waals surface area contributed by atoms with Crippen molar-refractivity contribution in [2.24, 2.45) is 11.8 Å². The fraction of sp³-hybridized carbons (Fsp3) is 0.684. The third-order valence-corrected chi connectivity index (χ3v) is 5.14. The van der Waals surface area contributed by atoms with Gasteiger partial charge in [-0.2, -0.15) is 0 Å². The molecule has 0 amide bonds. The molecule has 1 heterocycles. The molecule has 0 radical (unpaired) electrons. The Kier molecular flexibility index (Phi) is 5.32. The van der Waals surface area contributed by atoms with Crippen LogP contribution in [0.15, 0.2) is 30.3 Å². The molecule has 0 bridgehead atoms. The minimum absolute atomic E-state index is 0.590. The topological polar surface area (TPSA) is 15.3 Å². The lowest BCUT2D eigenvalue weighted by Gasteiger charge is -2.30. The van der Waals surface area contributed by atoms with Crippen LogP contribution in [0.25, 0.3) is 0 Å². The van der Waals surface area contributed by atoms with Gasteiger partial charge in [-0.25, -0.2) is 0 Å². The van der Waals surface area contributed by atoms with Gasteiger partial charge in [0.2, 0.25) is 0 Å². The van der Waals surface area contributed by atoms with Gasteiger partial charge in [0.05, 0.1) is 0 Å². The van der Waals surface area contributed by atoms with E-state index in [1.165, 1.54) is 57.3 Å². The Morgan fingerprint density at radius 2 is 1.81 bits per heavy atom. The quantitative estimate of drug-likeness (QED) is 0.766. The molecule has 2 fully saturated rings. The van der Waals surface area contributed by atoms with Crippen molar-refractivity contribution in [3.63, 3.8) is 0 Å². The van der Waals surface area contributed by atoms with E-state index in [1.54, 1.807) is 0 Å². The molecule has 1 aliphatic heterocycles. The highest BCUT2D eigenvalue weighted by atomic mass is 15.1. The van der Waals surface area contributed by atoms with E-state index in [0.29, 0.717) is 6.04 Å². The molecular formula is C19H30N2. The predicted molar refractivity (Wildman–Crippen MR) is 89.4 cm³/mol. The molecule has 2 heteroatoms. The average molecular weight is 286 g/mol. The highest BCUT2D eigenvalue weighted by molar-refractivity contribution is 5.21. The first kappa shape index (κ1) is 15.1. The molecule has 1 aromatic rings. The van der Waals surface area contributed by atoms with Crippen molar-refractivity contribution >= 4 is 0 Å². The highest BCUT2D eigenvalue weighted by Crippen LogP contribution is 2.40.